The quantitative estimate of drug-likeness (QED) is 0.875. The maximum atomic E-state index is 14.1. The van der Waals surface area contributed by atoms with E-state index in [9.17, 15) is 8.78 Å². The van der Waals surface area contributed by atoms with E-state index < -0.39 is 0 Å². The molecule has 0 amide bonds. The van der Waals surface area contributed by atoms with Crippen LogP contribution in [0.2, 0.25) is 0 Å². The molecule has 0 heterocycles. The Bertz CT molecular complexity index is 581. The van der Waals surface area contributed by atoms with Crippen molar-refractivity contribution in [2.45, 2.75) is 25.8 Å². The number of likely N-dealkylation sites (N-methyl/N-ethyl adjacent to an activating group) is 1. The molecule has 106 valence electrons. The van der Waals surface area contributed by atoms with Crippen LogP contribution in [0.15, 0.2) is 42.5 Å². The standard InChI is InChI=1S/C17H19F2N/c1-11-9-16(19)14(10-15(11)18)17(20-3)12(2)13-7-5-4-6-8-13/h4-10,12,17,20H,1-3H3. The molecule has 2 rings (SSSR count). The summed E-state index contributed by atoms with van der Waals surface area (Å²) in [5.41, 5.74) is 1.78. The number of benzene rings is 2. The lowest BCUT2D eigenvalue weighted by molar-refractivity contribution is 0.471. The molecule has 2 aromatic rings. The highest BCUT2D eigenvalue weighted by atomic mass is 19.1. The minimum absolute atomic E-state index is 0.0396. The topological polar surface area (TPSA) is 12.0 Å². The normalized spacial score (nSPS) is 14.1. The highest BCUT2D eigenvalue weighted by Gasteiger charge is 2.23. The number of hydrogen-bond acceptors (Lipinski definition) is 1. The van der Waals surface area contributed by atoms with Gasteiger partial charge in [-0.2, -0.15) is 0 Å². The molecule has 0 spiro atoms. The third kappa shape index (κ3) is 2.88. The molecular weight excluding hydrogens is 256 g/mol. The lowest BCUT2D eigenvalue weighted by atomic mass is 9.88. The SMILES string of the molecule is CNC(c1cc(F)c(C)cc1F)C(C)c1ccccc1. The second kappa shape index (κ2) is 6.14. The number of nitrogens with one attached hydrogen (secondary N) is 1. The van der Waals surface area contributed by atoms with E-state index in [-0.39, 0.29) is 23.6 Å². The smallest absolute Gasteiger partial charge is 0.128 e. The molecule has 0 fully saturated rings. The van der Waals surface area contributed by atoms with Gasteiger partial charge in [0.15, 0.2) is 0 Å². The van der Waals surface area contributed by atoms with Crippen LogP contribution >= 0.6 is 0 Å². The van der Waals surface area contributed by atoms with Crippen LogP contribution in [0.3, 0.4) is 0 Å². The minimum atomic E-state index is -0.373. The van der Waals surface area contributed by atoms with Crippen molar-refractivity contribution in [2.75, 3.05) is 7.05 Å². The van der Waals surface area contributed by atoms with Crippen molar-refractivity contribution in [3.63, 3.8) is 0 Å². The summed E-state index contributed by atoms with van der Waals surface area (Å²) >= 11 is 0. The van der Waals surface area contributed by atoms with Crippen molar-refractivity contribution < 1.29 is 8.78 Å². The van der Waals surface area contributed by atoms with Crippen LogP contribution in [0.25, 0.3) is 0 Å². The van der Waals surface area contributed by atoms with E-state index in [1.165, 1.54) is 12.1 Å². The van der Waals surface area contributed by atoms with Crippen molar-refractivity contribution in [1.82, 2.24) is 5.32 Å². The second-order valence-electron chi connectivity index (χ2n) is 5.09. The lowest BCUT2D eigenvalue weighted by Gasteiger charge is -2.25. The monoisotopic (exact) mass is 275 g/mol. The van der Waals surface area contributed by atoms with Gasteiger partial charge in [-0.05, 0) is 37.2 Å². The Kier molecular flexibility index (Phi) is 4.50. The van der Waals surface area contributed by atoms with Gasteiger partial charge in [-0.1, -0.05) is 37.3 Å². The molecule has 1 nitrogen and oxygen atoms in total. The summed E-state index contributed by atoms with van der Waals surface area (Å²) < 4.78 is 27.9. The Morgan fingerprint density at radius 1 is 1.00 bits per heavy atom. The molecule has 2 aromatic carbocycles. The average molecular weight is 275 g/mol. The first-order chi connectivity index (χ1) is 9.54. The Morgan fingerprint density at radius 3 is 2.25 bits per heavy atom. The summed E-state index contributed by atoms with van der Waals surface area (Å²) in [6.07, 6.45) is 0. The summed E-state index contributed by atoms with van der Waals surface area (Å²) in [4.78, 5) is 0. The van der Waals surface area contributed by atoms with Gasteiger partial charge in [0.25, 0.3) is 0 Å². The summed E-state index contributed by atoms with van der Waals surface area (Å²) in [5, 5.41) is 3.10. The second-order valence-corrected chi connectivity index (χ2v) is 5.09. The van der Waals surface area contributed by atoms with Crippen LogP contribution in [-0.4, -0.2) is 7.05 Å². The van der Waals surface area contributed by atoms with Crippen LogP contribution < -0.4 is 5.32 Å². The molecule has 0 saturated carbocycles. The maximum Gasteiger partial charge on any atom is 0.128 e. The van der Waals surface area contributed by atoms with Gasteiger partial charge in [0.2, 0.25) is 0 Å². The van der Waals surface area contributed by atoms with Crippen LogP contribution in [0.5, 0.6) is 0 Å². The highest BCUT2D eigenvalue weighted by Crippen LogP contribution is 2.32. The fraction of sp³-hybridized carbons (Fsp3) is 0.294. The van der Waals surface area contributed by atoms with Crippen molar-refractivity contribution in [1.29, 1.82) is 0 Å². The zero-order valence-electron chi connectivity index (χ0n) is 12.0. The molecule has 0 saturated heterocycles. The number of hydrogen-bond donors (Lipinski definition) is 1. The minimum Gasteiger partial charge on any atom is -0.312 e. The van der Waals surface area contributed by atoms with Gasteiger partial charge in [0.1, 0.15) is 11.6 Å². The fourth-order valence-electron chi connectivity index (χ4n) is 2.52. The van der Waals surface area contributed by atoms with Gasteiger partial charge >= 0.3 is 0 Å². The Labute approximate surface area is 118 Å². The molecule has 0 aromatic heterocycles. The first-order valence-corrected chi connectivity index (χ1v) is 6.72. The molecule has 20 heavy (non-hydrogen) atoms. The van der Waals surface area contributed by atoms with Gasteiger partial charge in [-0.3, -0.25) is 0 Å². The largest absolute Gasteiger partial charge is 0.312 e. The summed E-state index contributed by atoms with van der Waals surface area (Å²) in [6, 6.07) is 12.1. The van der Waals surface area contributed by atoms with Crippen molar-refractivity contribution in [3.8, 4) is 0 Å². The molecule has 0 aliphatic carbocycles. The Balaban J connectivity index is 2.40. The molecule has 2 atom stereocenters. The van der Waals surface area contributed by atoms with E-state index in [0.29, 0.717) is 11.1 Å². The number of halogens is 2. The van der Waals surface area contributed by atoms with Gasteiger partial charge in [-0.15, -0.1) is 0 Å². The number of aryl methyl sites for hydroxylation is 1. The van der Waals surface area contributed by atoms with Crippen LogP contribution in [0.4, 0.5) is 8.78 Å². The highest BCUT2D eigenvalue weighted by molar-refractivity contribution is 5.31. The van der Waals surface area contributed by atoms with E-state index in [0.717, 1.165) is 5.56 Å². The zero-order valence-corrected chi connectivity index (χ0v) is 12.0. The van der Waals surface area contributed by atoms with E-state index in [2.05, 4.69) is 5.32 Å². The van der Waals surface area contributed by atoms with E-state index >= 15 is 0 Å². The number of rotatable bonds is 4. The predicted octanol–water partition coefficient (Wildman–Crippen LogP) is 4.34. The molecule has 3 heteroatoms. The lowest BCUT2D eigenvalue weighted by Crippen LogP contribution is -2.23. The predicted molar refractivity (Wildman–Crippen MR) is 77.8 cm³/mol. The summed E-state index contributed by atoms with van der Waals surface area (Å²) in [7, 11) is 1.77. The van der Waals surface area contributed by atoms with Gasteiger partial charge < -0.3 is 5.32 Å². The van der Waals surface area contributed by atoms with Gasteiger partial charge in [0, 0.05) is 17.5 Å². The molecule has 0 aliphatic rings. The maximum absolute atomic E-state index is 14.1. The molecule has 1 N–H and O–H groups in total. The first kappa shape index (κ1) is 14.7. The first-order valence-electron chi connectivity index (χ1n) is 6.72. The summed E-state index contributed by atoms with van der Waals surface area (Å²) in [6.45, 7) is 3.57. The van der Waals surface area contributed by atoms with E-state index in [1.54, 1.807) is 14.0 Å². The van der Waals surface area contributed by atoms with Gasteiger partial charge in [0.05, 0.1) is 0 Å². The Morgan fingerprint density at radius 2 is 1.65 bits per heavy atom. The van der Waals surface area contributed by atoms with Crippen LogP contribution in [0, 0.1) is 18.6 Å². The molecule has 0 aliphatic heterocycles. The fourth-order valence-corrected chi connectivity index (χ4v) is 2.52. The molecule has 2 unspecified atom stereocenters. The van der Waals surface area contributed by atoms with Crippen LogP contribution in [-0.2, 0) is 0 Å². The van der Waals surface area contributed by atoms with Gasteiger partial charge in [-0.25, -0.2) is 8.78 Å². The van der Waals surface area contributed by atoms with Crippen molar-refractivity contribution >= 4 is 0 Å². The molecule has 0 bridgehead atoms. The summed E-state index contributed by atoms with van der Waals surface area (Å²) in [5.74, 6) is -0.703. The van der Waals surface area contributed by atoms with E-state index in [4.69, 9.17) is 0 Å². The van der Waals surface area contributed by atoms with Crippen molar-refractivity contribution in [2.24, 2.45) is 0 Å². The van der Waals surface area contributed by atoms with Crippen molar-refractivity contribution in [3.05, 3.63) is 70.8 Å². The Hall–Kier alpha value is -1.74. The molecular formula is C17H19F2N. The third-order valence-electron chi connectivity index (χ3n) is 3.75. The third-order valence-corrected chi connectivity index (χ3v) is 3.75. The van der Waals surface area contributed by atoms with E-state index in [1.807, 2.05) is 37.3 Å². The zero-order chi connectivity index (χ0) is 14.7. The van der Waals surface area contributed by atoms with Crippen LogP contribution in [0.1, 0.15) is 35.6 Å². The molecule has 0 radical (unpaired) electrons. The average Bonchev–Trinajstić information content (AvgIpc) is 2.46.